The fourth-order valence-electron chi connectivity index (χ4n) is 3.12. The molecule has 0 aromatic heterocycles. The summed E-state index contributed by atoms with van der Waals surface area (Å²) in [5, 5.41) is 0. The summed E-state index contributed by atoms with van der Waals surface area (Å²) in [6.45, 7) is 5.19. The third-order valence-corrected chi connectivity index (χ3v) is 4.86. The van der Waals surface area contributed by atoms with Crippen LogP contribution in [-0.4, -0.2) is 25.2 Å². The topological polar surface area (TPSA) is 52.6 Å². The van der Waals surface area contributed by atoms with E-state index in [1.807, 2.05) is 30.3 Å². The maximum Gasteiger partial charge on any atom is 0.314 e. The minimum atomic E-state index is -0.593. The average Bonchev–Trinajstić information content (AvgIpc) is 2.72. The zero-order valence-corrected chi connectivity index (χ0v) is 17.8. The highest BCUT2D eigenvalue weighted by atomic mass is 16.5. The quantitative estimate of drug-likeness (QED) is 0.249. The minimum Gasteiger partial charge on any atom is -0.466 e. The molecular weight excluding hydrogens is 352 g/mol. The Bertz CT molecular complexity index is 527. The smallest absolute Gasteiger partial charge is 0.314 e. The molecular formula is C24H38O4. The molecule has 0 N–H and O–H groups in total. The lowest BCUT2D eigenvalue weighted by Gasteiger charge is -2.16. The summed E-state index contributed by atoms with van der Waals surface area (Å²) >= 11 is 0. The molecule has 0 aliphatic heterocycles. The van der Waals surface area contributed by atoms with E-state index < -0.39 is 5.92 Å². The van der Waals surface area contributed by atoms with Gasteiger partial charge in [0.15, 0.2) is 0 Å². The van der Waals surface area contributed by atoms with Gasteiger partial charge in [-0.2, -0.15) is 0 Å². The van der Waals surface area contributed by atoms with Crippen molar-refractivity contribution in [1.29, 1.82) is 0 Å². The van der Waals surface area contributed by atoms with Gasteiger partial charge in [0.1, 0.15) is 0 Å². The van der Waals surface area contributed by atoms with Crippen LogP contribution in [0.5, 0.6) is 0 Å². The molecule has 0 spiro atoms. The van der Waals surface area contributed by atoms with Crippen molar-refractivity contribution in [2.45, 2.75) is 90.4 Å². The van der Waals surface area contributed by atoms with Crippen molar-refractivity contribution >= 4 is 11.9 Å². The second kappa shape index (κ2) is 16.1. The van der Waals surface area contributed by atoms with Gasteiger partial charge in [-0.3, -0.25) is 9.59 Å². The molecule has 0 radical (unpaired) electrons. The van der Waals surface area contributed by atoms with Gasteiger partial charge >= 0.3 is 11.9 Å². The van der Waals surface area contributed by atoms with Crippen molar-refractivity contribution in [2.24, 2.45) is 0 Å². The number of ether oxygens (including phenoxy) is 2. The first-order valence-corrected chi connectivity index (χ1v) is 11.1. The fraction of sp³-hybridized carbons (Fsp3) is 0.667. The summed E-state index contributed by atoms with van der Waals surface area (Å²) in [6, 6.07) is 9.38. The van der Waals surface area contributed by atoms with E-state index >= 15 is 0 Å². The Labute approximate surface area is 171 Å². The van der Waals surface area contributed by atoms with Crippen LogP contribution in [0, 0.1) is 0 Å². The number of carbonyl (C=O) groups excluding carboxylic acids is 2. The van der Waals surface area contributed by atoms with Gasteiger partial charge in [-0.25, -0.2) is 0 Å². The van der Waals surface area contributed by atoms with Crippen molar-refractivity contribution in [3.63, 3.8) is 0 Å². The number of benzene rings is 1. The molecule has 0 amide bonds. The lowest BCUT2D eigenvalue weighted by atomic mass is 9.96. The Morgan fingerprint density at radius 2 is 1.29 bits per heavy atom. The van der Waals surface area contributed by atoms with E-state index in [0.29, 0.717) is 13.2 Å². The summed E-state index contributed by atoms with van der Waals surface area (Å²) in [5.41, 5.74) is 0.804. The highest BCUT2D eigenvalue weighted by Crippen LogP contribution is 2.22. The summed E-state index contributed by atoms with van der Waals surface area (Å²) in [5.74, 6) is -1.25. The van der Waals surface area contributed by atoms with Gasteiger partial charge in [-0.1, -0.05) is 95.5 Å². The Morgan fingerprint density at radius 3 is 1.86 bits per heavy atom. The predicted octanol–water partition coefficient (Wildman–Crippen LogP) is 6.19. The molecule has 0 saturated carbocycles. The van der Waals surface area contributed by atoms with Crippen LogP contribution < -0.4 is 0 Å². The van der Waals surface area contributed by atoms with Crippen molar-refractivity contribution in [2.75, 3.05) is 13.2 Å². The van der Waals surface area contributed by atoms with E-state index in [2.05, 4.69) is 13.8 Å². The SMILES string of the molecule is CCCCCCCOC(=O)CC(C(=O)OCCCCCCC)c1ccccc1. The molecule has 4 heteroatoms. The standard InChI is InChI=1S/C24H38O4/c1-3-5-7-9-14-18-27-23(25)20-22(21-16-12-11-13-17-21)24(26)28-19-15-10-8-6-4-2/h11-13,16-17,22H,3-10,14-15,18-20H2,1-2H3. The second-order valence-corrected chi connectivity index (χ2v) is 7.38. The Morgan fingerprint density at radius 1 is 0.750 bits per heavy atom. The molecule has 0 aliphatic carbocycles. The first-order chi connectivity index (χ1) is 13.7. The minimum absolute atomic E-state index is 0.0354. The lowest BCUT2D eigenvalue weighted by Crippen LogP contribution is -2.21. The summed E-state index contributed by atoms with van der Waals surface area (Å²) in [4.78, 5) is 24.8. The van der Waals surface area contributed by atoms with Crippen molar-refractivity contribution in [3.05, 3.63) is 35.9 Å². The molecule has 4 nitrogen and oxygen atoms in total. The van der Waals surface area contributed by atoms with Crippen LogP contribution in [0.2, 0.25) is 0 Å². The van der Waals surface area contributed by atoms with Crippen LogP contribution in [0.1, 0.15) is 96.0 Å². The summed E-state index contributed by atoms with van der Waals surface area (Å²) in [7, 11) is 0. The molecule has 1 aromatic carbocycles. The van der Waals surface area contributed by atoms with Gasteiger partial charge < -0.3 is 9.47 Å². The number of carbonyl (C=O) groups is 2. The molecule has 0 heterocycles. The molecule has 0 aliphatic rings. The zero-order chi connectivity index (χ0) is 20.5. The number of esters is 2. The number of rotatable bonds is 16. The lowest BCUT2D eigenvalue weighted by molar-refractivity contribution is -0.152. The van der Waals surface area contributed by atoms with Gasteiger partial charge in [-0.15, -0.1) is 0 Å². The third kappa shape index (κ3) is 11.1. The molecule has 28 heavy (non-hydrogen) atoms. The predicted molar refractivity (Wildman–Crippen MR) is 113 cm³/mol. The van der Waals surface area contributed by atoms with E-state index in [0.717, 1.165) is 31.2 Å². The fourth-order valence-corrected chi connectivity index (χ4v) is 3.12. The first kappa shape index (κ1) is 24.2. The molecule has 1 rings (SSSR count). The van der Waals surface area contributed by atoms with Gasteiger partial charge in [0.25, 0.3) is 0 Å². The number of unbranched alkanes of at least 4 members (excludes halogenated alkanes) is 8. The van der Waals surface area contributed by atoms with Crippen LogP contribution >= 0.6 is 0 Å². The van der Waals surface area contributed by atoms with Crippen molar-refractivity contribution in [3.8, 4) is 0 Å². The van der Waals surface area contributed by atoms with E-state index in [4.69, 9.17) is 9.47 Å². The number of hydrogen-bond acceptors (Lipinski definition) is 4. The summed E-state index contributed by atoms with van der Waals surface area (Å²) in [6.07, 6.45) is 11.1. The normalized spacial score (nSPS) is 11.8. The monoisotopic (exact) mass is 390 g/mol. The van der Waals surface area contributed by atoms with Crippen LogP contribution in [-0.2, 0) is 19.1 Å². The Balaban J connectivity index is 2.45. The highest BCUT2D eigenvalue weighted by molar-refractivity contribution is 5.84. The van der Waals surface area contributed by atoms with Crippen molar-refractivity contribution in [1.82, 2.24) is 0 Å². The Hall–Kier alpha value is -1.84. The van der Waals surface area contributed by atoms with Gasteiger partial charge in [0.2, 0.25) is 0 Å². The first-order valence-electron chi connectivity index (χ1n) is 11.1. The molecule has 0 saturated heterocycles. The summed E-state index contributed by atoms with van der Waals surface area (Å²) < 4.78 is 10.8. The highest BCUT2D eigenvalue weighted by Gasteiger charge is 2.26. The van der Waals surface area contributed by atoms with Crippen LogP contribution in [0.4, 0.5) is 0 Å². The van der Waals surface area contributed by atoms with Gasteiger partial charge in [0, 0.05) is 0 Å². The molecule has 1 atom stereocenters. The van der Waals surface area contributed by atoms with Crippen molar-refractivity contribution < 1.29 is 19.1 Å². The molecule has 1 aromatic rings. The number of hydrogen-bond donors (Lipinski definition) is 0. The van der Waals surface area contributed by atoms with E-state index in [1.54, 1.807) is 0 Å². The van der Waals surface area contributed by atoms with Gasteiger partial charge in [-0.05, 0) is 18.4 Å². The molecule has 0 bridgehead atoms. The molecule has 1 unspecified atom stereocenters. The molecule has 158 valence electrons. The van der Waals surface area contributed by atoms with Crippen LogP contribution in [0.15, 0.2) is 30.3 Å². The van der Waals surface area contributed by atoms with E-state index in [9.17, 15) is 9.59 Å². The van der Waals surface area contributed by atoms with E-state index in [1.165, 1.54) is 38.5 Å². The van der Waals surface area contributed by atoms with Crippen LogP contribution in [0.3, 0.4) is 0 Å². The second-order valence-electron chi connectivity index (χ2n) is 7.38. The largest absolute Gasteiger partial charge is 0.466 e. The Kier molecular flexibility index (Phi) is 14.0. The third-order valence-electron chi connectivity index (χ3n) is 4.86. The van der Waals surface area contributed by atoms with Crippen LogP contribution in [0.25, 0.3) is 0 Å². The van der Waals surface area contributed by atoms with E-state index in [-0.39, 0.29) is 18.4 Å². The van der Waals surface area contributed by atoms with Gasteiger partial charge in [0.05, 0.1) is 25.6 Å². The maximum absolute atomic E-state index is 12.6. The average molecular weight is 391 g/mol. The maximum atomic E-state index is 12.6. The zero-order valence-electron chi connectivity index (χ0n) is 17.8. The molecule has 0 fully saturated rings.